The van der Waals surface area contributed by atoms with Crippen molar-refractivity contribution in [2.45, 2.75) is 0 Å². The van der Waals surface area contributed by atoms with Gasteiger partial charge in [0, 0.05) is 10.0 Å². The Morgan fingerprint density at radius 1 is 0.875 bits per heavy atom. The molecule has 0 aromatic heterocycles. The Balaban J connectivity index is 1.86. The largest absolute Gasteiger partial charge is 0.482 e. The molecule has 0 bridgehead atoms. The Labute approximate surface area is 157 Å². The van der Waals surface area contributed by atoms with E-state index in [1.54, 1.807) is 6.07 Å². The molecule has 0 spiro atoms. The molecular weight excluding hydrogens is 400 g/mol. The molecule has 1 N–H and O–H groups in total. The van der Waals surface area contributed by atoms with Crippen molar-refractivity contribution in [2.75, 3.05) is 6.61 Å². The van der Waals surface area contributed by atoms with Gasteiger partial charge in [0.2, 0.25) is 0 Å². The Hall–Kier alpha value is -1.66. The first-order valence-electron chi connectivity index (χ1n) is 6.39. The van der Waals surface area contributed by atoms with Crippen LogP contribution in [0.25, 0.3) is 0 Å². The Morgan fingerprint density at radius 2 is 1.42 bits per heavy atom. The number of carbonyl (C=O) groups excluding carboxylic acids is 2. The first kappa shape index (κ1) is 18.7. The number of hydrogen-bond acceptors (Lipinski definition) is 4. The summed E-state index contributed by atoms with van der Waals surface area (Å²) in [7, 11) is 0. The van der Waals surface area contributed by atoms with E-state index in [-0.39, 0.29) is 21.5 Å². The van der Waals surface area contributed by atoms with Crippen molar-refractivity contribution < 1.29 is 19.1 Å². The Kier molecular flexibility index (Phi) is 6.57. The van der Waals surface area contributed by atoms with Crippen LogP contribution >= 0.6 is 46.4 Å². The number of amides is 2. The van der Waals surface area contributed by atoms with Gasteiger partial charge in [0.15, 0.2) is 12.4 Å². The van der Waals surface area contributed by atoms with Gasteiger partial charge in [-0.2, -0.15) is 0 Å². The zero-order chi connectivity index (χ0) is 17.7. The summed E-state index contributed by atoms with van der Waals surface area (Å²) >= 11 is 23.2. The third kappa shape index (κ3) is 5.46. The summed E-state index contributed by atoms with van der Waals surface area (Å²) in [6.45, 7) is -0.440. The number of rotatable bonds is 4. The normalized spacial score (nSPS) is 10.2. The third-order valence-electron chi connectivity index (χ3n) is 2.59. The number of halogens is 4. The predicted molar refractivity (Wildman–Crippen MR) is 92.6 cm³/mol. The maximum absolute atomic E-state index is 11.7. The maximum atomic E-state index is 11.7. The van der Waals surface area contributed by atoms with Gasteiger partial charge >= 0.3 is 6.09 Å². The fourth-order valence-corrected chi connectivity index (χ4v) is 2.48. The molecule has 0 aliphatic carbocycles. The van der Waals surface area contributed by atoms with Gasteiger partial charge in [0.25, 0.3) is 5.91 Å². The van der Waals surface area contributed by atoms with Gasteiger partial charge in [-0.15, -0.1) is 0 Å². The Morgan fingerprint density at radius 3 is 1.96 bits per heavy atom. The first-order chi connectivity index (χ1) is 11.3. The van der Waals surface area contributed by atoms with Gasteiger partial charge in [-0.3, -0.25) is 10.1 Å². The summed E-state index contributed by atoms with van der Waals surface area (Å²) in [6.07, 6.45) is -1.00. The summed E-state index contributed by atoms with van der Waals surface area (Å²) in [4.78, 5) is 23.3. The number of benzene rings is 2. The van der Waals surface area contributed by atoms with Gasteiger partial charge in [-0.25, -0.2) is 4.79 Å². The number of imide groups is 1. The molecule has 2 amide bonds. The van der Waals surface area contributed by atoms with Crippen LogP contribution in [0.15, 0.2) is 36.4 Å². The van der Waals surface area contributed by atoms with Crippen LogP contribution in [-0.2, 0) is 4.79 Å². The summed E-state index contributed by atoms with van der Waals surface area (Å²) in [5.41, 5.74) is 0. The molecule has 2 aromatic rings. The highest BCUT2D eigenvalue weighted by atomic mass is 35.5. The lowest BCUT2D eigenvalue weighted by molar-refractivity contribution is -0.122. The molecule has 24 heavy (non-hydrogen) atoms. The molecule has 0 radical (unpaired) electrons. The van der Waals surface area contributed by atoms with Gasteiger partial charge in [-0.05, 0) is 36.4 Å². The maximum Gasteiger partial charge on any atom is 0.419 e. The van der Waals surface area contributed by atoms with Crippen LogP contribution in [0.3, 0.4) is 0 Å². The second-order valence-corrected chi connectivity index (χ2v) is 6.06. The van der Waals surface area contributed by atoms with Crippen molar-refractivity contribution in [3.8, 4) is 11.5 Å². The summed E-state index contributed by atoms with van der Waals surface area (Å²) in [6, 6.07) is 8.82. The van der Waals surface area contributed by atoms with E-state index in [1.807, 2.05) is 5.32 Å². The standard InChI is InChI=1S/C15H9Cl4NO4/c16-8-1-3-12(10(18)5-8)23-7-14(21)20-15(22)24-13-4-2-9(17)6-11(13)19/h1-6H,7H2,(H,20,21,22). The minimum atomic E-state index is -1.00. The number of ether oxygens (including phenoxy) is 2. The average molecular weight is 409 g/mol. The van der Waals surface area contributed by atoms with Crippen molar-refractivity contribution in [1.29, 1.82) is 0 Å². The second kappa shape index (κ2) is 8.44. The quantitative estimate of drug-likeness (QED) is 0.773. The van der Waals surface area contributed by atoms with Crippen LogP contribution in [0.4, 0.5) is 4.79 Å². The van der Waals surface area contributed by atoms with Crippen molar-refractivity contribution in [3.05, 3.63) is 56.5 Å². The number of nitrogens with one attached hydrogen (secondary N) is 1. The molecular formula is C15H9Cl4NO4. The summed E-state index contributed by atoms with van der Waals surface area (Å²) in [5, 5.41) is 3.18. The van der Waals surface area contributed by atoms with Gasteiger partial charge in [0.1, 0.15) is 5.75 Å². The molecule has 5 nitrogen and oxygen atoms in total. The highest BCUT2D eigenvalue weighted by Crippen LogP contribution is 2.28. The van der Waals surface area contributed by atoms with Crippen LogP contribution in [0.2, 0.25) is 20.1 Å². The van der Waals surface area contributed by atoms with Crippen molar-refractivity contribution in [2.24, 2.45) is 0 Å². The smallest absolute Gasteiger partial charge is 0.419 e. The van der Waals surface area contributed by atoms with E-state index in [0.717, 1.165) is 0 Å². The number of carbonyl (C=O) groups is 2. The van der Waals surface area contributed by atoms with Crippen LogP contribution in [0, 0.1) is 0 Å². The van der Waals surface area contributed by atoms with E-state index >= 15 is 0 Å². The van der Waals surface area contributed by atoms with Crippen LogP contribution < -0.4 is 14.8 Å². The van der Waals surface area contributed by atoms with Crippen molar-refractivity contribution >= 4 is 58.4 Å². The van der Waals surface area contributed by atoms with Crippen LogP contribution in [0.5, 0.6) is 11.5 Å². The van der Waals surface area contributed by atoms with Crippen LogP contribution in [0.1, 0.15) is 0 Å². The van der Waals surface area contributed by atoms with E-state index in [0.29, 0.717) is 10.0 Å². The van der Waals surface area contributed by atoms with E-state index in [4.69, 9.17) is 55.9 Å². The molecule has 0 atom stereocenters. The molecule has 0 unspecified atom stereocenters. The van der Waals surface area contributed by atoms with Crippen molar-refractivity contribution in [3.63, 3.8) is 0 Å². The molecule has 2 aromatic carbocycles. The van der Waals surface area contributed by atoms with E-state index in [9.17, 15) is 9.59 Å². The SMILES string of the molecule is O=C(COc1ccc(Cl)cc1Cl)NC(=O)Oc1ccc(Cl)cc1Cl. The van der Waals surface area contributed by atoms with Crippen LogP contribution in [-0.4, -0.2) is 18.6 Å². The van der Waals surface area contributed by atoms with Gasteiger partial charge in [-0.1, -0.05) is 46.4 Å². The minimum absolute atomic E-state index is 0.0630. The predicted octanol–water partition coefficient (Wildman–Crippen LogP) is 4.99. The molecule has 0 saturated carbocycles. The Bertz CT molecular complexity index is 782. The second-order valence-electron chi connectivity index (χ2n) is 4.38. The zero-order valence-corrected chi connectivity index (χ0v) is 14.8. The highest BCUT2D eigenvalue weighted by Gasteiger charge is 2.13. The third-order valence-corrected chi connectivity index (χ3v) is 3.65. The van der Waals surface area contributed by atoms with E-state index < -0.39 is 18.6 Å². The highest BCUT2D eigenvalue weighted by molar-refractivity contribution is 6.36. The molecule has 0 saturated heterocycles. The fraction of sp³-hybridized carbons (Fsp3) is 0.0667. The van der Waals surface area contributed by atoms with E-state index in [2.05, 4.69) is 0 Å². The molecule has 0 heterocycles. The molecule has 0 aliphatic heterocycles. The molecule has 9 heteroatoms. The molecule has 0 fully saturated rings. The topological polar surface area (TPSA) is 64.6 Å². The summed E-state index contributed by atoms with van der Waals surface area (Å²) < 4.78 is 10.1. The lowest BCUT2D eigenvalue weighted by atomic mass is 10.3. The zero-order valence-electron chi connectivity index (χ0n) is 11.8. The van der Waals surface area contributed by atoms with E-state index in [1.165, 1.54) is 30.3 Å². The monoisotopic (exact) mass is 407 g/mol. The summed E-state index contributed by atoms with van der Waals surface area (Å²) in [5.74, 6) is -0.408. The lowest BCUT2D eigenvalue weighted by Crippen LogP contribution is -2.36. The first-order valence-corrected chi connectivity index (χ1v) is 7.91. The molecule has 0 aliphatic rings. The number of hydrogen-bond donors (Lipinski definition) is 1. The molecule has 126 valence electrons. The minimum Gasteiger partial charge on any atom is -0.482 e. The molecule has 2 rings (SSSR count). The average Bonchev–Trinajstić information content (AvgIpc) is 2.49. The van der Waals surface area contributed by atoms with Gasteiger partial charge in [0.05, 0.1) is 10.0 Å². The van der Waals surface area contributed by atoms with Gasteiger partial charge < -0.3 is 9.47 Å². The fourth-order valence-electron chi connectivity index (χ4n) is 1.57. The lowest BCUT2D eigenvalue weighted by Gasteiger charge is -2.09. The van der Waals surface area contributed by atoms with Crippen molar-refractivity contribution in [1.82, 2.24) is 5.32 Å².